The lowest BCUT2D eigenvalue weighted by molar-refractivity contribution is 0.404. The predicted molar refractivity (Wildman–Crippen MR) is 85.9 cm³/mol. The Balaban J connectivity index is 1.94. The van der Waals surface area contributed by atoms with E-state index in [1.807, 2.05) is 12.1 Å². The summed E-state index contributed by atoms with van der Waals surface area (Å²) in [5.41, 5.74) is 2.67. The van der Waals surface area contributed by atoms with Crippen LogP contribution in [0, 0.1) is 0 Å². The first-order valence-corrected chi connectivity index (χ1v) is 7.72. The molecule has 1 saturated heterocycles. The molecule has 1 aliphatic heterocycles. The Morgan fingerprint density at radius 1 is 0.850 bits per heavy atom. The molecule has 0 spiro atoms. The van der Waals surface area contributed by atoms with Gasteiger partial charge in [-0.15, -0.1) is 0 Å². The second-order valence-electron chi connectivity index (χ2n) is 5.29. The van der Waals surface area contributed by atoms with Crippen molar-refractivity contribution >= 4 is 23.2 Å². The molecule has 1 aliphatic rings. The SMILES string of the molecule is Clc1ccc(C2CCNCC2c2ccccc2)cc1Cl. The summed E-state index contributed by atoms with van der Waals surface area (Å²) in [5, 5.41) is 4.77. The second kappa shape index (κ2) is 6.17. The van der Waals surface area contributed by atoms with Crippen molar-refractivity contribution in [1.29, 1.82) is 0 Å². The quantitative estimate of drug-likeness (QED) is 0.836. The molecule has 0 bridgehead atoms. The fourth-order valence-corrected chi connectivity index (χ4v) is 3.36. The Kier molecular flexibility index (Phi) is 4.30. The van der Waals surface area contributed by atoms with E-state index in [0.717, 1.165) is 19.5 Å². The number of rotatable bonds is 2. The lowest BCUT2D eigenvalue weighted by Crippen LogP contribution is -2.34. The molecule has 104 valence electrons. The molecule has 2 aromatic carbocycles. The van der Waals surface area contributed by atoms with E-state index in [1.165, 1.54) is 11.1 Å². The lowest BCUT2D eigenvalue weighted by atomic mass is 9.77. The fourth-order valence-electron chi connectivity index (χ4n) is 3.05. The maximum Gasteiger partial charge on any atom is 0.0595 e. The van der Waals surface area contributed by atoms with Crippen LogP contribution < -0.4 is 5.32 Å². The minimum absolute atomic E-state index is 0.488. The summed E-state index contributed by atoms with van der Waals surface area (Å²) < 4.78 is 0. The number of nitrogens with one attached hydrogen (secondary N) is 1. The molecule has 0 saturated carbocycles. The van der Waals surface area contributed by atoms with Gasteiger partial charge in [0.15, 0.2) is 0 Å². The number of hydrogen-bond donors (Lipinski definition) is 1. The monoisotopic (exact) mass is 305 g/mol. The molecule has 0 radical (unpaired) electrons. The van der Waals surface area contributed by atoms with Gasteiger partial charge < -0.3 is 5.32 Å². The van der Waals surface area contributed by atoms with Crippen LogP contribution in [0.15, 0.2) is 48.5 Å². The number of halogens is 2. The fraction of sp³-hybridized carbons (Fsp3) is 0.294. The van der Waals surface area contributed by atoms with Crippen LogP contribution in [0.25, 0.3) is 0 Å². The van der Waals surface area contributed by atoms with Crippen molar-refractivity contribution in [2.45, 2.75) is 18.3 Å². The van der Waals surface area contributed by atoms with Crippen LogP contribution in [-0.4, -0.2) is 13.1 Å². The third-order valence-electron chi connectivity index (χ3n) is 4.08. The molecule has 20 heavy (non-hydrogen) atoms. The van der Waals surface area contributed by atoms with Gasteiger partial charge in [0.1, 0.15) is 0 Å². The standard InChI is InChI=1S/C17H17Cl2N/c18-16-7-6-13(10-17(16)19)14-8-9-20-11-15(14)12-4-2-1-3-5-12/h1-7,10,14-15,20H,8-9,11H2. The highest BCUT2D eigenvalue weighted by Gasteiger charge is 2.27. The van der Waals surface area contributed by atoms with Gasteiger partial charge in [-0.3, -0.25) is 0 Å². The minimum Gasteiger partial charge on any atom is -0.316 e. The average molecular weight is 306 g/mol. The van der Waals surface area contributed by atoms with Crippen molar-refractivity contribution in [2.75, 3.05) is 13.1 Å². The van der Waals surface area contributed by atoms with Crippen molar-refractivity contribution in [3.8, 4) is 0 Å². The van der Waals surface area contributed by atoms with Gasteiger partial charge in [-0.05, 0) is 42.1 Å². The highest BCUT2D eigenvalue weighted by Crippen LogP contribution is 2.39. The smallest absolute Gasteiger partial charge is 0.0595 e. The number of hydrogen-bond acceptors (Lipinski definition) is 1. The van der Waals surface area contributed by atoms with Crippen molar-refractivity contribution in [1.82, 2.24) is 5.32 Å². The van der Waals surface area contributed by atoms with Gasteiger partial charge in [0.2, 0.25) is 0 Å². The summed E-state index contributed by atoms with van der Waals surface area (Å²) in [6.07, 6.45) is 1.12. The maximum atomic E-state index is 6.18. The molecule has 1 nitrogen and oxygen atoms in total. The van der Waals surface area contributed by atoms with Crippen LogP contribution >= 0.6 is 23.2 Å². The van der Waals surface area contributed by atoms with Crippen LogP contribution in [0.4, 0.5) is 0 Å². The normalized spacial score (nSPS) is 22.7. The molecular formula is C17H17Cl2N. The van der Waals surface area contributed by atoms with E-state index in [1.54, 1.807) is 0 Å². The van der Waals surface area contributed by atoms with Gasteiger partial charge in [-0.1, -0.05) is 59.6 Å². The Bertz CT molecular complexity index is 583. The molecule has 2 aromatic rings. The minimum atomic E-state index is 0.488. The first kappa shape index (κ1) is 13.9. The summed E-state index contributed by atoms with van der Waals surface area (Å²) >= 11 is 12.2. The lowest BCUT2D eigenvalue weighted by Gasteiger charge is -2.33. The summed E-state index contributed by atoms with van der Waals surface area (Å²) in [6.45, 7) is 2.06. The number of benzene rings is 2. The van der Waals surface area contributed by atoms with E-state index in [-0.39, 0.29) is 0 Å². The molecule has 1 N–H and O–H groups in total. The maximum absolute atomic E-state index is 6.18. The van der Waals surface area contributed by atoms with Gasteiger partial charge in [0, 0.05) is 12.5 Å². The molecule has 2 unspecified atom stereocenters. The molecule has 0 aromatic heterocycles. The van der Waals surface area contributed by atoms with E-state index in [4.69, 9.17) is 23.2 Å². The zero-order chi connectivity index (χ0) is 13.9. The van der Waals surface area contributed by atoms with Crippen LogP contribution in [0.1, 0.15) is 29.4 Å². The van der Waals surface area contributed by atoms with Crippen molar-refractivity contribution < 1.29 is 0 Å². The van der Waals surface area contributed by atoms with Gasteiger partial charge >= 0.3 is 0 Å². The molecular weight excluding hydrogens is 289 g/mol. The van der Waals surface area contributed by atoms with E-state index in [0.29, 0.717) is 21.9 Å². The highest BCUT2D eigenvalue weighted by molar-refractivity contribution is 6.42. The zero-order valence-electron chi connectivity index (χ0n) is 11.2. The molecule has 3 rings (SSSR count). The third kappa shape index (κ3) is 2.85. The van der Waals surface area contributed by atoms with E-state index in [2.05, 4.69) is 41.7 Å². The Morgan fingerprint density at radius 3 is 2.40 bits per heavy atom. The van der Waals surface area contributed by atoms with Gasteiger partial charge in [-0.2, -0.15) is 0 Å². The van der Waals surface area contributed by atoms with Gasteiger partial charge in [0.25, 0.3) is 0 Å². The average Bonchev–Trinajstić information content (AvgIpc) is 2.51. The number of piperidine rings is 1. The molecule has 0 aliphatic carbocycles. The van der Waals surface area contributed by atoms with Crippen LogP contribution in [0.2, 0.25) is 10.0 Å². The first-order valence-electron chi connectivity index (χ1n) is 6.96. The van der Waals surface area contributed by atoms with Crippen molar-refractivity contribution in [3.63, 3.8) is 0 Å². The highest BCUT2D eigenvalue weighted by atomic mass is 35.5. The van der Waals surface area contributed by atoms with Gasteiger partial charge in [-0.25, -0.2) is 0 Å². The zero-order valence-corrected chi connectivity index (χ0v) is 12.7. The van der Waals surface area contributed by atoms with Crippen LogP contribution in [0.5, 0.6) is 0 Å². The summed E-state index contributed by atoms with van der Waals surface area (Å²) in [4.78, 5) is 0. The summed E-state index contributed by atoms with van der Waals surface area (Å²) in [6, 6.07) is 16.7. The first-order chi connectivity index (χ1) is 9.75. The molecule has 1 fully saturated rings. The van der Waals surface area contributed by atoms with E-state index < -0.39 is 0 Å². The van der Waals surface area contributed by atoms with Crippen LogP contribution in [-0.2, 0) is 0 Å². The summed E-state index contributed by atoms with van der Waals surface area (Å²) in [5.74, 6) is 0.982. The summed E-state index contributed by atoms with van der Waals surface area (Å²) in [7, 11) is 0. The Morgan fingerprint density at radius 2 is 1.65 bits per heavy atom. The van der Waals surface area contributed by atoms with E-state index >= 15 is 0 Å². The van der Waals surface area contributed by atoms with Gasteiger partial charge in [0.05, 0.1) is 10.0 Å². The molecule has 1 heterocycles. The van der Waals surface area contributed by atoms with Crippen molar-refractivity contribution in [2.24, 2.45) is 0 Å². The third-order valence-corrected chi connectivity index (χ3v) is 4.82. The van der Waals surface area contributed by atoms with Crippen molar-refractivity contribution in [3.05, 3.63) is 69.7 Å². The Hall–Kier alpha value is -1.02. The molecule has 0 amide bonds. The van der Waals surface area contributed by atoms with E-state index in [9.17, 15) is 0 Å². The molecule has 3 heteroatoms. The predicted octanol–water partition coefficient (Wildman–Crippen LogP) is 4.85. The topological polar surface area (TPSA) is 12.0 Å². The Labute approximate surface area is 129 Å². The molecule has 2 atom stereocenters. The van der Waals surface area contributed by atoms with Crippen LogP contribution in [0.3, 0.4) is 0 Å². The second-order valence-corrected chi connectivity index (χ2v) is 6.10. The largest absolute Gasteiger partial charge is 0.316 e.